The van der Waals surface area contributed by atoms with Crippen molar-refractivity contribution in [1.29, 1.82) is 0 Å². The minimum atomic E-state index is -0.433. The number of anilines is 2. The smallest absolute Gasteiger partial charge is 0.337 e. The third-order valence-electron chi connectivity index (χ3n) is 4.33. The number of nitrogens with one attached hydrogen (secondary N) is 1. The molecule has 0 atom stereocenters. The minimum Gasteiger partial charge on any atom is -0.483 e. The van der Waals surface area contributed by atoms with Gasteiger partial charge in [-0.25, -0.2) is 4.79 Å². The number of carbonyl (C=O) groups is 2. The lowest BCUT2D eigenvalue weighted by atomic mass is 10.2. The van der Waals surface area contributed by atoms with Gasteiger partial charge in [0.2, 0.25) is 0 Å². The van der Waals surface area contributed by atoms with Gasteiger partial charge in [0.1, 0.15) is 5.75 Å². The summed E-state index contributed by atoms with van der Waals surface area (Å²) in [7, 11) is 1.32. The highest BCUT2D eigenvalue weighted by molar-refractivity contribution is 9.10. The normalized spacial score (nSPS) is 13.3. The van der Waals surface area contributed by atoms with Crippen molar-refractivity contribution in [3.63, 3.8) is 0 Å². The first-order valence-electron chi connectivity index (χ1n) is 8.72. The van der Waals surface area contributed by atoms with E-state index >= 15 is 0 Å². The predicted octanol–water partition coefficient (Wildman–Crippen LogP) is 3.85. The van der Waals surface area contributed by atoms with Gasteiger partial charge in [-0.1, -0.05) is 0 Å². The largest absolute Gasteiger partial charge is 0.483 e. The van der Waals surface area contributed by atoms with Gasteiger partial charge in [0.15, 0.2) is 6.61 Å². The van der Waals surface area contributed by atoms with E-state index in [2.05, 4.69) is 30.9 Å². The van der Waals surface area contributed by atoms with E-state index in [9.17, 15) is 9.59 Å². The number of amides is 1. The maximum atomic E-state index is 12.1. The van der Waals surface area contributed by atoms with Crippen molar-refractivity contribution in [2.75, 3.05) is 37.0 Å². The van der Waals surface area contributed by atoms with Crippen LogP contribution in [0.5, 0.6) is 5.75 Å². The molecule has 7 heteroatoms. The number of esters is 1. The molecule has 1 aliphatic rings. The summed E-state index contributed by atoms with van der Waals surface area (Å²) in [6.45, 7) is 2.04. The zero-order valence-corrected chi connectivity index (χ0v) is 16.6. The fourth-order valence-corrected chi connectivity index (χ4v) is 3.43. The van der Waals surface area contributed by atoms with Crippen LogP contribution in [0.15, 0.2) is 46.9 Å². The highest BCUT2D eigenvalue weighted by Crippen LogP contribution is 2.26. The predicted molar refractivity (Wildman–Crippen MR) is 107 cm³/mol. The molecule has 1 saturated heterocycles. The van der Waals surface area contributed by atoms with Crippen LogP contribution in [0, 0.1) is 0 Å². The summed E-state index contributed by atoms with van der Waals surface area (Å²) in [6, 6.07) is 12.6. The summed E-state index contributed by atoms with van der Waals surface area (Å²) in [5, 5.41) is 2.82. The Labute approximate surface area is 166 Å². The van der Waals surface area contributed by atoms with Crippen LogP contribution in [0.1, 0.15) is 23.2 Å². The number of benzene rings is 2. The first-order chi connectivity index (χ1) is 13.1. The topological polar surface area (TPSA) is 67.9 Å². The summed E-state index contributed by atoms with van der Waals surface area (Å²) in [6.07, 6.45) is 2.46. The molecule has 1 aliphatic heterocycles. The van der Waals surface area contributed by atoms with Gasteiger partial charge in [0.25, 0.3) is 5.91 Å². The van der Waals surface area contributed by atoms with E-state index in [1.807, 2.05) is 24.3 Å². The highest BCUT2D eigenvalue weighted by Gasteiger charge is 2.13. The Bertz CT molecular complexity index is 817. The van der Waals surface area contributed by atoms with Gasteiger partial charge < -0.3 is 19.7 Å². The Morgan fingerprint density at radius 2 is 1.81 bits per heavy atom. The molecule has 0 unspecified atom stereocenters. The number of methoxy groups -OCH3 is 1. The van der Waals surface area contributed by atoms with Crippen LogP contribution in [-0.2, 0) is 9.53 Å². The molecule has 1 heterocycles. The van der Waals surface area contributed by atoms with Crippen molar-refractivity contribution in [2.45, 2.75) is 12.8 Å². The third kappa shape index (κ3) is 5.01. The Morgan fingerprint density at radius 1 is 1.11 bits per heavy atom. The molecule has 0 aliphatic carbocycles. The van der Waals surface area contributed by atoms with Crippen LogP contribution in [0.3, 0.4) is 0 Å². The minimum absolute atomic E-state index is 0.135. The second-order valence-corrected chi connectivity index (χ2v) is 7.07. The summed E-state index contributed by atoms with van der Waals surface area (Å²) in [4.78, 5) is 26.0. The molecule has 1 fully saturated rings. The van der Waals surface area contributed by atoms with Gasteiger partial charge in [-0.3, -0.25) is 4.79 Å². The molecule has 2 aromatic rings. The van der Waals surface area contributed by atoms with Crippen LogP contribution >= 0.6 is 15.9 Å². The van der Waals surface area contributed by atoms with Gasteiger partial charge in [-0.2, -0.15) is 0 Å². The second kappa shape index (κ2) is 8.90. The molecule has 1 amide bonds. The van der Waals surface area contributed by atoms with E-state index in [1.165, 1.54) is 25.6 Å². The molecule has 3 rings (SSSR count). The number of carbonyl (C=O) groups excluding carboxylic acids is 2. The number of ether oxygens (including phenoxy) is 2. The summed E-state index contributed by atoms with van der Waals surface area (Å²) in [5.74, 6) is -0.215. The number of hydrogen-bond acceptors (Lipinski definition) is 5. The van der Waals surface area contributed by atoms with Gasteiger partial charge in [-0.05, 0) is 71.2 Å². The number of nitrogens with zero attached hydrogens (tertiary/aromatic N) is 1. The van der Waals surface area contributed by atoms with Gasteiger partial charge in [0.05, 0.1) is 17.1 Å². The highest BCUT2D eigenvalue weighted by atomic mass is 79.9. The molecule has 1 N–H and O–H groups in total. The third-order valence-corrected chi connectivity index (χ3v) is 4.95. The molecule has 0 aromatic heterocycles. The van der Waals surface area contributed by atoms with Crippen molar-refractivity contribution >= 4 is 39.2 Å². The second-order valence-electron chi connectivity index (χ2n) is 6.21. The van der Waals surface area contributed by atoms with E-state index in [0.29, 0.717) is 15.8 Å². The Kier molecular flexibility index (Phi) is 6.34. The molecule has 142 valence electrons. The number of halogens is 1. The van der Waals surface area contributed by atoms with Crippen LogP contribution < -0.4 is 15.0 Å². The maximum Gasteiger partial charge on any atom is 0.337 e. The van der Waals surface area contributed by atoms with E-state index in [4.69, 9.17) is 4.74 Å². The zero-order valence-electron chi connectivity index (χ0n) is 15.0. The lowest BCUT2D eigenvalue weighted by molar-refractivity contribution is -0.118. The summed E-state index contributed by atoms with van der Waals surface area (Å²) in [5.41, 5.74) is 2.31. The first-order valence-corrected chi connectivity index (χ1v) is 9.51. The molecule has 0 spiro atoms. The lowest BCUT2D eigenvalue weighted by Gasteiger charge is -2.17. The van der Waals surface area contributed by atoms with Crippen molar-refractivity contribution < 1.29 is 19.1 Å². The molecule has 27 heavy (non-hydrogen) atoms. The van der Waals surface area contributed by atoms with E-state index in [-0.39, 0.29) is 12.5 Å². The first kappa shape index (κ1) is 19.2. The van der Waals surface area contributed by atoms with Crippen molar-refractivity contribution in [1.82, 2.24) is 0 Å². The molecular weight excluding hydrogens is 412 g/mol. The van der Waals surface area contributed by atoms with E-state index < -0.39 is 5.97 Å². The van der Waals surface area contributed by atoms with Gasteiger partial charge in [0, 0.05) is 24.5 Å². The fraction of sp³-hybridized carbons (Fsp3) is 0.300. The Morgan fingerprint density at radius 3 is 2.44 bits per heavy atom. The quantitative estimate of drug-likeness (QED) is 0.701. The van der Waals surface area contributed by atoms with Crippen LogP contribution in [0.4, 0.5) is 11.4 Å². The van der Waals surface area contributed by atoms with Crippen molar-refractivity contribution in [3.05, 3.63) is 52.5 Å². The van der Waals surface area contributed by atoms with Gasteiger partial charge >= 0.3 is 5.97 Å². The number of hydrogen-bond donors (Lipinski definition) is 1. The summed E-state index contributed by atoms with van der Waals surface area (Å²) < 4.78 is 10.8. The molecular formula is C20H21BrN2O4. The van der Waals surface area contributed by atoms with E-state index in [0.717, 1.165) is 18.8 Å². The standard InChI is InChI=1S/C20H21BrN2O4/c1-26-20(25)14-4-9-18(17(21)12-14)27-13-19(24)22-15-5-7-16(8-6-15)23-10-2-3-11-23/h4-9,12H,2-3,10-11,13H2,1H3,(H,22,24). The average molecular weight is 433 g/mol. The molecule has 0 radical (unpaired) electrons. The molecule has 6 nitrogen and oxygen atoms in total. The maximum absolute atomic E-state index is 12.1. The van der Waals surface area contributed by atoms with Crippen LogP contribution in [0.2, 0.25) is 0 Å². The number of rotatable bonds is 6. The van der Waals surface area contributed by atoms with Gasteiger partial charge in [-0.15, -0.1) is 0 Å². The Hall–Kier alpha value is -2.54. The Balaban J connectivity index is 1.53. The van der Waals surface area contributed by atoms with Crippen LogP contribution in [0.25, 0.3) is 0 Å². The van der Waals surface area contributed by atoms with Crippen molar-refractivity contribution in [3.8, 4) is 5.75 Å². The molecule has 2 aromatic carbocycles. The molecule has 0 bridgehead atoms. The average Bonchev–Trinajstić information content (AvgIpc) is 3.21. The lowest BCUT2D eigenvalue weighted by Crippen LogP contribution is -2.20. The van der Waals surface area contributed by atoms with Crippen LogP contribution in [-0.4, -0.2) is 38.7 Å². The molecule has 0 saturated carbocycles. The monoisotopic (exact) mass is 432 g/mol. The van der Waals surface area contributed by atoms with Crippen molar-refractivity contribution in [2.24, 2.45) is 0 Å². The van der Waals surface area contributed by atoms with E-state index in [1.54, 1.807) is 18.2 Å². The zero-order chi connectivity index (χ0) is 19.2. The fourth-order valence-electron chi connectivity index (χ4n) is 2.93. The SMILES string of the molecule is COC(=O)c1ccc(OCC(=O)Nc2ccc(N3CCCC3)cc2)c(Br)c1. The summed E-state index contributed by atoms with van der Waals surface area (Å²) >= 11 is 3.33.